The summed E-state index contributed by atoms with van der Waals surface area (Å²) in [7, 11) is 0. The molecule has 3 N–H and O–H groups in total. The van der Waals surface area contributed by atoms with Gasteiger partial charge in [0.05, 0.1) is 25.4 Å². The predicted octanol–water partition coefficient (Wildman–Crippen LogP) is 20.6. The number of aliphatic hydroxyl groups is 2. The zero-order valence-corrected chi connectivity index (χ0v) is 48.7. The van der Waals surface area contributed by atoms with Crippen LogP contribution in [-0.2, 0) is 14.3 Å². The van der Waals surface area contributed by atoms with Crippen molar-refractivity contribution < 1.29 is 24.5 Å². The lowest BCUT2D eigenvalue weighted by Gasteiger charge is -2.22. The normalized spacial score (nSPS) is 12.7. The van der Waals surface area contributed by atoms with Gasteiger partial charge in [-0.3, -0.25) is 9.59 Å². The number of unbranched alkanes of at least 4 members (excludes halogenated alkanes) is 46. The van der Waals surface area contributed by atoms with Gasteiger partial charge in [0, 0.05) is 12.8 Å². The Morgan fingerprint density at radius 2 is 0.653 bits per heavy atom. The van der Waals surface area contributed by atoms with Crippen molar-refractivity contribution in [3.8, 4) is 0 Å². The van der Waals surface area contributed by atoms with E-state index < -0.39 is 12.1 Å². The van der Waals surface area contributed by atoms with Crippen LogP contribution in [0, 0.1) is 0 Å². The maximum absolute atomic E-state index is 12.5. The summed E-state index contributed by atoms with van der Waals surface area (Å²) in [5.41, 5.74) is 0. The van der Waals surface area contributed by atoms with Crippen LogP contribution in [0.5, 0.6) is 0 Å². The van der Waals surface area contributed by atoms with Crippen molar-refractivity contribution in [2.75, 3.05) is 13.2 Å². The molecule has 0 bridgehead atoms. The number of nitrogens with one attached hydrogen (secondary N) is 1. The molecule has 0 aliphatic carbocycles. The fourth-order valence-corrected chi connectivity index (χ4v) is 10.2. The lowest BCUT2D eigenvalue weighted by atomic mass is 10.0. The summed E-state index contributed by atoms with van der Waals surface area (Å²) in [6, 6.07) is -0.553. The largest absolute Gasteiger partial charge is 0.466 e. The van der Waals surface area contributed by atoms with E-state index in [0.717, 1.165) is 57.8 Å². The van der Waals surface area contributed by atoms with Crippen LogP contribution < -0.4 is 5.32 Å². The monoisotopic (exact) mass is 1010 g/mol. The first-order valence-corrected chi connectivity index (χ1v) is 32.6. The van der Waals surface area contributed by atoms with Crippen LogP contribution in [0.4, 0.5) is 0 Å². The third-order valence-corrected chi connectivity index (χ3v) is 15.2. The number of esters is 1. The van der Waals surface area contributed by atoms with Crippen molar-refractivity contribution in [3.63, 3.8) is 0 Å². The molecule has 0 radical (unpaired) electrons. The fourth-order valence-electron chi connectivity index (χ4n) is 10.2. The van der Waals surface area contributed by atoms with Gasteiger partial charge in [0.25, 0.3) is 0 Å². The molecule has 6 heteroatoms. The maximum atomic E-state index is 12.5. The minimum Gasteiger partial charge on any atom is -0.466 e. The van der Waals surface area contributed by atoms with Gasteiger partial charge in [-0.05, 0) is 77.0 Å². The van der Waals surface area contributed by atoms with Crippen LogP contribution in [0.15, 0.2) is 24.3 Å². The molecule has 0 aromatic rings. The van der Waals surface area contributed by atoms with Crippen molar-refractivity contribution in [3.05, 3.63) is 24.3 Å². The summed E-state index contributed by atoms with van der Waals surface area (Å²) in [6.07, 6.45) is 76.2. The third-order valence-electron chi connectivity index (χ3n) is 15.2. The SMILES string of the molecule is CCCCCCC/C=C\CCCCCCCC(=O)OCCCCCCCCCCC/C=C\CCCCCCCC(=O)NC(CO)C(O)CCCCCCCCCCCCCCCCCCCCCCCCC. The molecular formula is C66H127NO5. The van der Waals surface area contributed by atoms with Crippen molar-refractivity contribution >= 4 is 11.9 Å². The van der Waals surface area contributed by atoms with E-state index in [9.17, 15) is 19.8 Å². The molecule has 0 aromatic heterocycles. The van der Waals surface area contributed by atoms with E-state index >= 15 is 0 Å². The average Bonchev–Trinajstić information content (AvgIpc) is 3.38. The molecule has 0 aliphatic heterocycles. The van der Waals surface area contributed by atoms with E-state index in [4.69, 9.17) is 4.74 Å². The zero-order chi connectivity index (χ0) is 52.2. The number of carbonyl (C=O) groups excluding carboxylic acids is 2. The highest BCUT2D eigenvalue weighted by Gasteiger charge is 2.20. The highest BCUT2D eigenvalue weighted by Crippen LogP contribution is 2.18. The Balaban J connectivity index is 3.44. The molecule has 6 nitrogen and oxygen atoms in total. The Hall–Kier alpha value is -1.66. The van der Waals surface area contributed by atoms with Gasteiger partial charge in [0.2, 0.25) is 5.91 Å². The summed E-state index contributed by atoms with van der Waals surface area (Å²) < 4.78 is 5.47. The second kappa shape index (κ2) is 61.9. The van der Waals surface area contributed by atoms with Gasteiger partial charge in [-0.25, -0.2) is 0 Å². The van der Waals surface area contributed by atoms with Crippen LogP contribution >= 0.6 is 0 Å². The number of rotatable bonds is 61. The summed E-state index contributed by atoms with van der Waals surface area (Å²) in [6.45, 7) is 4.95. The standard InChI is InChI=1S/C66H127NO5/c1-3-5-7-9-11-13-15-17-19-20-21-22-23-24-25-28-31-34-38-42-46-50-54-58-64(69)63(62-68)67-65(70)59-55-51-47-43-39-35-32-29-26-27-30-33-37-41-45-49-53-57-61-72-66(71)60-56-52-48-44-40-36-18-16-14-12-10-8-6-4-2/h16,18,29,32,63-64,68-69H,3-15,17,19-28,30-31,33-62H2,1-2H3,(H,67,70)/b18-16-,32-29-. The quantitative estimate of drug-likeness (QED) is 0.0320. The van der Waals surface area contributed by atoms with Crippen LogP contribution in [0.3, 0.4) is 0 Å². The van der Waals surface area contributed by atoms with Crippen LogP contribution in [-0.4, -0.2) is 47.4 Å². The minimum absolute atomic E-state index is 0.00475. The molecule has 0 aromatic carbocycles. The second-order valence-corrected chi connectivity index (χ2v) is 22.4. The van der Waals surface area contributed by atoms with E-state index in [2.05, 4.69) is 43.5 Å². The molecule has 0 heterocycles. The van der Waals surface area contributed by atoms with Gasteiger partial charge in [-0.15, -0.1) is 0 Å². The first kappa shape index (κ1) is 70.3. The lowest BCUT2D eigenvalue weighted by Crippen LogP contribution is -2.45. The number of hydrogen-bond donors (Lipinski definition) is 3. The van der Waals surface area contributed by atoms with Crippen LogP contribution in [0.25, 0.3) is 0 Å². The second-order valence-electron chi connectivity index (χ2n) is 22.4. The number of allylic oxidation sites excluding steroid dienone is 4. The Morgan fingerprint density at radius 3 is 0.986 bits per heavy atom. The number of ether oxygens (including phenoxy) is 1. The highest BCUT2D eigenvalue weighted by atomic mass is 16.5. The highest BCUT2D eigenvalue weighted by molar-refractivity contribution is 5.76. The summed E-state index contributed by atoms with van der Waals surface area (Å²) in [5, 5.41) is 23.4. The van der Waals surface area contributed by atoms with E-state index in [1.165, 1.54) is 270 Å². The third kappa shape index (κ3) is 57.6. The van der Waals surface area contributed by atoms with Crippen molar-refractivity contribution in [2.24, 2.45) is 0 Å². The average molecular weight is 1010 g/mol. The maximum Gasteiger partial charge on any atom is 0.305 e. The molecule has 0 aliphatic rings. The zero-order valence-electron chi connectivity index (χ0n) is 48.7. The minimum atomic E-state index is -0.674. The molecule has 2 unspecified atom stereocenters. The molecule has 426 valence electrons. The van der Waals surface area contributed by atoms with Gasteiger partial charge in [0.1, 0.15) is 0 Å². The predicted molar refractivity (Wildman–Crippen MR) is 315 cm³/mol. The number of amides is 1. The van der Waals surface area contributed by atoms with Gasteiger partial charge >= 0.3 is 5.97 Å². The molecule has 1 amide bonds. The Labute approximate surface area is 450 Å². The summed E-state index contributed by atoms with van der Waals surface area (Å²) in [5.74, 6) is -0.0504. The van der Waals surface area contributed by atoms with Crippen molar-refractivity contribution in [1.29, 1.82) is 0 Å². The summed E-state index contributed by atoms with van der Waals surface area (Å²) in [4.78, 5) is 24.6. The number of carbonyl (C=O) groups is 2. The van der Waals surface area contributed by atoms with E-state index in [-0.39, 0.29) is 18.5 Å². The Morgan fingerprint density at radius 1 is 0.375 bits per heavy atom. The molecule has 0 fully saturated rings. The molecular weight excluding hydrogens is 887 g/mol. The van der Waals surface area contributed by atoms with E-state index in [1.807, 2.05) is 0 Å². The van der Waals surface area contributed by atoms with Crippen molar-refractivity contribution in [1.82, 2.24) is 5.32 Å². The van der Waals surface area contributed by atoms with Gasteiger partial charge < -0.3 is 20.3 Å². The Bertz CT molecular complexity index is 1120. The van der Waals surface area contributed by atoms with Gasteiger partial charge in [0.15, 0.2) is 0 Å². The lowest BCUT2D eigenvalue weighted by molar-refractivity contribution is -0.143. The molecule has 0 saturated heterocycles. The number of aliphatic hydroxyl groups excluding tert-OH is 2. The smallest absolute Gasteiger partial charge is 0.305 e. The summed E-state index contributed by atoms with van der Waals surface area (Å²) >= 11 is 0. The topological polar surface area (TPSA) is 95.9 Å². The first-order chi connectivity index (χ1) is 35.5. The fraction of sp³-hybridized carbons (Fsp3) is 0.909. The molecule has 2 atom stereocenters. The molecule has 72 heavy (non-hydrogen) atoms. The Kier molecular flexibility index (Phi) is 60.5. The molecule has 0 spiro atoms. The molecule has 0 rings (SSSR count). The van der Waals surface area contributed by atoms with E-state index in [1.54, 1.807) is 0 Å². The van der Waals surface area contributed by atoms with Crippen LogP contribution in [0.2, 0.25) is 0 Å². The van der Waals surface area contributed by atoms with Crippen LogP contribution in [0.1, 0.15) is 361 Å². The van der Waals surface area contributed by atoms with Gasteiger partial charge in [-0.1, -0.05) is 295 Å². The van der Waals surface area contributed by atoms with Gasteiger partial charge in [-0.2, -0.15) is 0 Å². The van der Waals surface area contributed by atoms with Crippen molar-refractivity contribution in [2.45, 2.75) is 373 Å². The first-order valence-electron chi connectivity index (χ1n) is 32.6. The molecule has 0 saturated carbocycles. The van der Waals surface area contributed by atoms with E-state index in [0.29, 0.717) is 25.9 Å². The number of hydrogen-bond acceptors (Lipinski definition) is 5.